The van der Waals surface area contributed by atoms with Gasteiger partial charge in [-0.15, -0.1) is 0 Å². The van der Waals surface area contributed by atoms with E-state index < -0.39 is 40.8 Å². The van der Waals surface area contributed by atoms with Gasteiger partial charge in [0.25, 0.3) is 5.91 Å². The fraction of sp³-hybridized carbons (Fsp3) is 0.357. The van der Waals surface area contributed by atoms with E-state index in [1.165, 1.54) is 4.57 Å². The average molecular weight is 336 g/mol. The zero-order valence-corrected chi connectivity index (χ0v) is 11.6. The fourth-order valence-corrected chi connectivity index (χ4v) is 2.80. The SMILES string of the molecule is CC1CNC(=O)c2cc3c(C(F)(F)F)cc(C(F)(F)F)cc3n21. The first kappa shape index (κ1) is 15.7. The van der Waals surface area contributed by atoms with Crippen molar-refractivity contribution in [2.24, 2.45) is 0 Å². The third-order valence-electron chi connectivity index (χ3n) is 3.82. The highest BCUT2D eigenvalue weighted by Crippen LogP contribution is 2.42. The van der Waals surface area contributed by atoms with Crippen molar-refractivity contribution in [3.63, 3.8) is 0 Å². The number of fused-ring (bicyclic) bond motifs is 3. The molecule has 0 saturated heterocycles. The molecule has 0 radical (unpaired) electrons. The molecule has 1 aliphatic rings. The highest BCUT2D eigenvalue weighted by Gasteiger charge is 2.40. The summed E-state index contributed by atoms with van der Waals surface area (Å²) < 4.78 is 79.5. The molecule has 3 rings (SSSR count). The lowest BCUT2D eigenvalue weighted by Crippen LogP contribution is -2.37. The minimum absolute atomic E-state index is 0.0800. The van der Waals surface area contributed by atoms with Gasteiger partial charge < -0.3 is 9.88 Å². The van der Waals surface area contributed by atoms with Gasteiger partial charge in [-0.3, -0.25) is 4.79 Å². The van der Waals surface area contributed by atoms with Gasteiger partial charge in [-0.25, -0.2) is 0 Å². The number of carbonyl (C=O) groups excluding carboxylic acids is 1. The minimum atomic E-state index is -4.96. The van der Waals surface area contributed by atoms with Crippen LogP contribution in [0.5, 0.6) is 0 Å². The van der Waals surface area contributed by atoms with Crippen LogP contribution in [0.15, 0.2) is 18.2 Å². The van der Waals surface area contributed by atoms with Crippen LogP contribution in [-0.4, -0.2) is 17.0 Å². The van der Waals surface area contributed by atoms with Crippen LogP contribution < -0.4 is 5.32 Å². The molecule has 0 spiro atoms. The minimum Gasteiger partial charge on any atom is -0.349 e. The summed E-state index contributed by atoms with van der Waals surface area (Å²) in [4.78, 5) is 11.8. The number of halogens is 6. The van der Waals surface area contributed by atoms with E-state index in [2.05, 4.69) is 5.32 Å². The predicted molar refractivity (Wildman–Crippen MR) is 69.0 cm³/mol. The maximum absolute atomic E-state index is 13.2. The van der Waals surface area contributed by atoms with Gasteiger partial charge in [-0.1, -0.05) is 0 Å². The van der Waals surface area contributed by atoms with Crippen LogP contribution in [0.2, 0.25) is 0 Å². The van der Waals surface area contributed by atoms with Gasteiger partial charge in [0, 0.05) is 18.0 Å². The number of carbonyl (C=O) groups is 1. The molecule has 1 aliphatic heterocycles. The first-order valence-electron chi connectivity index (χ1n) is 6.61. The maximum Gasteiger partial charge on any atom is 0.417 e. The smallest absolute Gasteiger partial charge is 0.349 e. The Hall–Kier alpha value is -2.19. The molecule has 1 N–H and O–H groups in total. The van der Waals surface area contributed by atoms with E-state index in [0.29, 0.717) is 6.07 Å². The lowest BCUT2D eigenvalue weighted by atomic mass is 10.0. The maximum atomic E-state index is 13.2. The molecule has 1 aromatic heterocycles. The normalized spacial score (nSPS) is 18.9. The van der Waals surface area contributed by atoms with Gasteiger partial charge in [-0.05, 0) is 25.1 Å². The molecule has 1 unspecified atom stereocenters. The van der Waals surface area contributed by atoms with Gasteiger partial charge in [0.2, 0.25) is 0 Å². The quantitative estimate of drug-likeness (QED) is 0.726. The van der Waals surface area contributed by atoms with Crippen molar-refractivity contribution in [3.8, 4) is 0 Å². The van der Waals surface area contributed by atoms with Gasteiger partial charge in [-0.2, -0.15) is 26.3 Å². The molecule has 2 heterocycles. The number of nitrogens with zero attached hydrogens (tertiary/aromatic N) is 1. The molecule has 1 amide bonds. The Morgan fingerprint density at radius 2 is 1.74 bits per heavy atom. The molecule has 23 heavy (non-hydrogen) atoms. The second-order valence-electron chi connectivity index (χ2n) is 5.41. The largest absolute Gasteiger partial charge is 0.417 e. The Kier molecular flexibility index (Phi) is 3.18. The fourth-order valence-electron chi connectivity index (χ4n) is 2.80. The summed E-state index contributed by atoms with van der Waals surface area (Å²) in [6.45, 7) is 1.74. The Balaban J connectivity index is 2.43. The molecule has 9 heteroatoms. The van der Waals surface area contributed by atoms with Crippen LogP contribution >= 0.6 is 0 Å². The van der Waals surface area contributed by atoms with E-state index in [1.54, 1.807) is 6.92 Å². The molecule has 1 atom stereocenters. The van der Waals surface area contributed by atoms with Crippen LogP contribution in [0, 0.1) is 0 Å². The highest BCUT2D eigenvalue weighted by molar-refractivity contribution is 6.00. The van der Waals surface area contributed by atoms with E-state index >= 15 is 0 Å². The van der Waals surface area contributed by atoms with Crippen molar-refractivity contribution in [2.45, 2.75) is 25.3 Å². The standard InChI is InChI=1S/C14H10F6N2O/c1-6-5-21-12(23)11-4-8-9(14(18,19)20)2-7(13(15,16)17)3-10(8)22(6)11/h2-4,6H,5H2,1H3,(H,21,23). The average Bonchev–Trinajstić information content (AvgIpc) is 2.80. The molecular formula is C14H10F6N2O. The summed E-state index contributed by atoms with van der Waals surface area (Å²) in [5.74, 6) is -0.610. The van der Waals surface area contributed by atoms with Crippen LogP contribution in [0.1, 0.15) is 34.6 Å². The second kappa shape index (κ2) is 4.65. The number of hydrogen-bond acceptors (Lipinski definition) is 1. The summed E-state index contributed by atoms with van der Waals surface area (Å²) in [6.07, 6.45) is -9.88. The summed E-state index contributed by atoms with van der Waals surface area (Å²) in [6, 6.07) is 1.27. The van der Waals surface area contributed by atoms with E-state index in [9.17, 15) is 31.1 Å². The van der Waals surface area contributed by atoms with Crippen LogP contribution in [0.25, 0.3) is 10.9 Å². The molecule has 0 bridgehead atoms. The monoisotopic (exact) mass is 336 g/mol. The van der Waals surface area contributed by atoms with Gasteiger partial charge in [0.05, 0.1) is 16.6 Å². The van der Waals surface area contributed by atoms with Gasteiger partial charge in [0.15, 0.2) is 0 Å². The summed E-state index contributed by atoms with van der Waals surface area (Å²) in [5, 5.41) is 2.08. The molecule has 0 saturated carbocycles. The lowest BCUT2D eigenvalue weighted by Gasteiger charge is -2.24. The number of alkyl halides is 6. The number of amides is 1. The van der Waals surface area contributed by atoms with E-state index in [-0.39, 0.29) is 23.8 Å². The van der Waals surface area contributed by atoms with Gasteiger partial charge >= 0.3 is 12.4 Å². The number of nitrogens with one attached hydrogen (secondary N) is 1. The van der Waals surface area contributed by atoms with Crippen LogP contribution in [-0.2, 0) is 12.4 Å². The highest BCUT2D eigenvalue weighted by atomic mass is 19.4. The number of aromatic nitrogens is 1. The summed E-state index contributed by atoms with van der Waals surface area (Å²) in [7, 11) is 0. The predicted octanol–water partition coefficient (Wildman–Crippen LogP) is 3.98. The lowest BCUT2D eigenvalue weighted by molar-refractivity contribution is -0.142. The first-order valence-corrected chi connectivity index (χ1v) is 6.61. The Morgan fingerprint density at radius 3 is 2.30 bits per heavy atom. The Morgan fingerprint density at radius 1 is 1.09 bits per heavy atom. The molecule has 1 aromatic carbocycles. The van der Waals surface area contributed by atoms with Crippen molar-refractivity contribution in [1.82, 2.24) is 9.88 Å². The molecule has 0 aliphatic carbocycles. The van der Waals surface area contributed by atoms with Crippen molar-refractivity contribution < 1.29 is 31.1 Å². The molecule has 2 aromatic rings. The summed E-state index contributed by atoms with van der Waals surface area (Å²) in [5.41, 5.74) is -3.12. The van der Waals surface area contributed by atoms with E-state index in [4.69, 9.17) is 0 Å². The zero-order valence-electron chi connectivity index (χ0n) is 11.6. The third-order valence-corrected chi connectivity index (χ3v) is 3.82. The number of benzene rings is 1. The van der Waals surface area contributed by atoms with E-state index in [0.717, 1.165) is 6.07 Å². The Bertz CT molecular complexity index is 802. The molecule has 124 valence electrons. The number of rotatable bonds is 0. The van der Waals surface area contributed by atoms with Crippen molar-refractivity contribution in [2.75, 3.05) is 6.54 Å². The zero-order chi connectivity index (χ0) is 17.2. The van der Waals surface area contributed by atoms with Crippen molar-refractivity contribution in [1.29, 1.82) is 0 Å². The molecular weight excluding hydrogens is 326 g/mol. The van der Waals surface area contributed by atoms with E-state index in [1.807, 2.05) is 0 Å². The van der Waals surface area contributed by atoms with Crippen LogP contribution in [0.3, 0.4) is 0 Å². The van der Waals surface area contributed by atoms with Crippen molar-refractivity contribution in [3.05, 3.63) is 35.0 Å². The second-order valence-corrected chi connectivity index (χ2v) is 5.41. The van der Waals surface area contributed by atoms with Crippen molar-refractivity contribution >= 4 is 16.8 Å². The topological polar surface area (TPSA) is 34.0 Å². The number of hydrogen-bond donors (Lipinski definition) is 1. The van der Waals surface area contributed by atoms with Crippen LogP contribution in [0.4, 0.5) is 26.3 Å². The third kappa shape index (κ3) is 2.43. The molecule has 3 nitrogen and oxygen atoms in total. The molecule has 0 fully saturated rings. The Labute approximate surface area is 125 Å². The first-order chi connectivity index (χ1) is 10.5. The van der Waals surface area contributed by atoms with Gasteiger partial charge in [0.1, 0.15) is 5.69 Å². The summed E-state index contributed by atoms with van der Waals surface area (Å²) >= 11 is 0.